The second-order valence-electron chi connectivity index (χ2n) is 5.86. The molecule has 3 heteroatoms. The highest BCUT2D eigenvalue weighted by Crippen LogP contribution is 2.51. The summed E-state index contributed by atoms with van der Waals surface area (Å²) in [5, 5.41) is 20.6. The summed E-state index contributed by atoms with van der Waals surface area (Å²) in [6, 6.07) is 6.43. The molecule has 1 heterocycles. The maximum Gasteiger partial charge on any atom is 0.114 e. The molecule has 1 atom stereocenters. The summed E-state index contributed by atoms with van der Waals surface area (Å²) in [7, 11) is 0. The molecule has 1 unspecified atom stereocenters. The minimum absolute atomic E-state index is 0.614. The first-order chi connectivity index (χ1) is 8.41. The maximum absolute atomic E-state index is 10.9. The number of hydrogen-bond acceptors (Lipinski definition) is 3. The molecule has 0 aliphatic heterocycles. The van der Waals surface area contributed by atoms with Crippen molar-refractivity contribution in [1.82, 2.24) is 0 Å². The van der Waals surface area contributed by atoms with E-state index >= 15 is 0 Å². The molecule has 1 fully saturated rings. The quantitative estimate of drug-likeness (QED) is 0.877. The van der Waals surface area contributed by atoms with Gasteiger partial charge in [-0.3, -0.25) is 0 Å². The van der Waals surface area contributed by atoms with Crippen LogP contribution in [0.15, 0.2) is 12.1 Å². The van der Waals surface area contributed by atoms with Gasteiger partial charge in [-0.1, -0.05) is 6.92 Å². The zero-order valence-electron chi connectivity index (χ0n) is 11.4. The maximum atomic E-state index is 10.9. The van der Waals surface area contributed by atoms with Crippen molar-refractivity contribution in [1.29, 1.82) is 5.26 Å². The molecule has 1 aromatic rings. The predicted octanol–water partition coefficient (Wildman–Crippen LogP) is 3.98. The highest BCUT2D eigenvalue weighted by molar-refractivity contribution is 7.12. The lowest BCUT2D eigenvalue weighted by Crippen LogP contribution is -2.44. The minimum Gasteiger partial charge on any atom is -0.383 e. The fraction of sp³-hybridized carbons (Fsp3) is 0.667. The Bertz CT molecular complexity index is 461. The smallest absolute Gasteiger partial charge is 0.114 e. The average molecular weight is 263 g/mol. The largest absolute Gasteiger partial charge is 0.383 e. The van der Waals surface area contributed by atoms with E-state index in [0.29, 0.717) is 5.92 Å². The molecule has 98 valence electrons. The first kappa shape index (κ1) is 13.6. The number of rotatable bonds is 2. The van der Waals surface area contributed by atoms with Crippen LogP contribution in [0.5, 0.6) is 0 Å². The second kappa shape index (κ2) is 4.68. The van der Waals surface area contributed by atoms with Gasteiger partial charge in [0, 0.05) is 9.75 Å². The summed E-state index contributed by atoms with van der Waals surface area (Å²) in [6.45, 7) is 6.08. The second-order valence-corrected chi connectivity index (χ2v) is 7.15. The minimum atomic E-state index is -1.03. The molecule has 2 nitrogen and oxygen atoms in total. The molecule has 1 aromatic heterocycles. The van der Waals surface area contributed by atoms with Crippen molar-refractivity contribution in [2.24, 2.45) is 11.3 Å². The molecule has 18 heavy (non-hydrogen) atoms. The Balaban J connectivity index is 2.35. The summed E-state index contributed by atoms with van der Waals surface area (Å²) in [6.07, 6.45) is 3.67. The Morgan fingerprint density at radius 3 is 2.50 bits per heavy atom. The van der Waals surface area contributed by atoms with Crippen LogP contribution in [0.25, 0.3) is 0 Å². The van der Waals surface area contributed by atoms with Gasteiger partial charge in [-0.25, -0.2) is 0 Å². The van der Waals surface area contributed by atoms with Gasteiger partial charge in [-0.05, 0) is 57.6 Å². The van der Waals surface area contributed by atoms with E-state index < -0.39 is 11.0 Å². The van der Waals surface area contributed by atoms with Crippen molar-refractivity contribution in [3.63, 3.8) is 0 Å². The molecule has 2 rings (SSSR count). The molecule has 0 spiro atoms. The van der Waals surface area contributed by atoms with Crippen molar-refractivity contribution in [2.45, 2.75) is 52.1 Å². The molecule has 1 N–H and O–H groups in total. The van der Waals surface area contributed by atoms with E-state index in [2.05, 4.69) is 13.0 Å². The van der Waals surface area contributed by atoms with Gasteiger partial charge in [-0.15, -0.1) is 11.3 Å². The van der Waals surface area contributed by atoms with E-state index in [1.807, 2.05) is 26.0 Å². The van der Waals surface area contributed by atoms with Crippen LogP contribution < -0.4 is 0 Å². The molecule has 1 saturated carbocycles. The van der Waals surface area contributed by atoms with Crippen molar-refractivity contribution in [2.75, 3.05) is 0 Å². The van der Waals surface area contributed by atoms with Crippen molar-refractivity contribution in [3.8, 4) is 6.07 Å². The highest BCUT2D eigenvalue weighted by Gasteiger charge is 2.50. The fourth-order valence-electron chi connectivity index (χ4n) is 2.89. The van der Waals surface area contributed by atoms with E-state index in [-0.39, 0.29) is 0 Å². The van der Waals surface area contributed by atoms with E-state index in [0.717, 1.165) is 30.6 Å². The van der Waals surface area contributed by atoms with Crippen molar-refractivity contribution >= 4 is 11.3 Å². The zero-order valence-corrected chi connectivity index (χ0v) is 12.2. The summed E-state index contributed by atoms with van der Waals surface area (Å²) < 4.78 is 0. The zero-order chi connectivity index (χ0) is 13.4. The molecular weight excluding hydrogens is 242 g/mol. The van der Waals surface area contributed by atoms with Gasteiger partial charge in [0.25, 0.3) is 0 Å². The van der Waals surface area contributed by atoms with Gasteiger partial charge >= 0.3 is 0 Å². The van der Waals surface area contributed by atoms with E-state index in [1.165, 1.54) is 4.88 Å². The van der Waals surface area contributed by atoms with Crippen LogP contribution in [0.3, 0.4) is 0 Å². The molecule has 1 aliphatic rings. The Hall–Kier alpha value is -0.850. The standard InChI is InChI=1S/C15H21NOS/c1-11-6-8-15(10-16,9-7-11)14(3,17)13-5-4-12(2)18-13/h4-5,11,17H,6-9H2,1-3H3. The van der Waals surface area contributed by atoms with Crippen LogP contribution in [-0.2, 0) is 5.60 Å². The fourth-order valence-corrected chi connectivity index (χ4v) is 3.91. The first-order valence-electron chi connectivity index (χ1n) is 6.62. The Morgan fingerprint density at radius 1 is 1.44 bits per heavy atom. The summed E-state index contributed by atoms with van der Waals surface area (Å²) in [5.41, 5.74) is -1.64. The average Bonchev–Trinajstić information content (AvgIpc) is 2.78. The monoisotopic (exact) mass is 263 g/mol. The van der Waals surface area contributed by atoms with Gasteiger partial charge in [0.1, 0.15) is 5.60 Å². The van der Waals surface area contributed by atoms with Crippen LogP contribution >= 0.6 is 11.3 Å². The molecular formula is C15H21NOS. The highest BCUT2D eigenvalue weighted by atomic mass is 32.1. The van der Waals surface area contributed by atoms with Crippen LogP contribution in [0.1, 0.15) is 49.3 Å². The molecule has 1 aliphatic carbocycles. The molecule has 0 amide bonds. The van der Waals surface area contributed by atoms with E-state index in [4.69, 9.17) is 0 Å². The van der Waals surface area contributed by atoms with E-state index in [1.54, 1.807) is 11.3 Å². The number of hydrogen-bond donors (Lipinski definition) is 1. The van der Waals surface area contributed by atoms with Crippen molar-refractivity contribution in [3.05, 3.63) is 21.9 Å². The molecule has 0 aromatic carbocycles. The van der Waals surface area contributed by atoms with Gasteiger partial charge in [-0.2, -0.15) is 5.26 Å². The van der Waals surface area contributed by atoms with Crippen LogP contribution in [-0.4, -0.2) is 5.11 Å². The Kier molecular flexibility index (Phi) is 3.53. The number of aryl methyl sites for hydroxylation is 1. The van der Waals surface area contributed by atoms with Crippen molar-refractivity contribution < 1.29 is 5.11 Å². The Labute approximate surface area is 113 Å². The number of thiophene rings is 1. The van der Waals surface area contributed by atoms with E-state index in [9.17, 15) is 10.4 Å². The molecule has 0 radical (unpaired) electrons. The first-order valence-corrected chi connectivity index (χ1v) is 7.43. The number of aliphatic hydroxyl groups is 1. The van der Waals surface area contributed by atoms with Gasteiger partial charge in [0.15, 0.2) is 0 Å². The van der Waals surface area contributed by atoms with Gasteiger partial charge in [0.05, 0.1) is 11.5 Å². The third-order valence-corrected chi connectivity index (χ3v) is 5.71. The normalized spacial score (nSPS) is 31.6. The summed E-state index contributed by atoms with van der Waals surface area (Å²) in [5.74, 6) is 0.673. The third-order valence-electron chi connectivity index (χ3n) is 4.49. The predicted molar refractivity (Wildman–Crippen MR) is 74.3 cm³/mol. The number of nitriles is 1. The van der Waals surface area contributed by atoms with Crippen LogP contribution in [0, 0.1) is 29.6 Å². The van der Waals surface area contributed by atoms with Crippen LogP contribution in [0.4, 0.5) is 0 Å². The van der Waals surface area contributed by atoms with Gasteiger partial charge in [0.2, 0.25) is 0 Å². The molecule has 0 saturated heterocycles. The summed E-state index contributed by atoms with van der Waals surface area (Å²) in [4.78, 5) is 2.11. The number of nitrogens with zero attached hydrogens (tertiary/aromatic N) is 1. The third kappa shape index (κ3) is 2.08. The molecule has 0 bridgehead atoms. The lowest BCUT2D eigenvalue weighted by atomic mass is 9.62. The lowest BCUT2D eigenvalue weighted by Gasteiger charge is -2.43. The Morgan fingerprint density at radius 2 is 2.06 bits per heavy atom. The SMILES string of the molecule is Cc1ccc(C(C)(O)C2(C#N)CCC(C)CC2)s1. The summed E-state index contributed by atoms with van der Waals surface area (Å²) >= 11 is 1.60. The topological polar surface area (TPSA) is 44.0 Å². The van der Waals surface area contributed by atoms with Crippen LogP contribution in [0.2, 0.25) is 0 Å². The lowest BCUT2D eigenvalue weighted by molar-refractivity contribution is -0.0658. The van der Waals surface area contributed by atoms with Gasteiger partial charge < -0.3 is 5.11 Å².